The predicted molar refractivity (Wildman–Crippen MR) is 59.0 cm³/mol. The molecule has 16 heavy (non-hydrogen) atoms. The molecule has 1 aliphatic rings. The van der Waals surface area contributed by atoms with Crippen LogP contribution in [0.25, 0.3) is 11.3 Å². The largest absolute Gasteiger partial charge is 0.361 e. The fourth-order valence-electron chi connectivity index (χ4n) is 2.21. The lowest BCUT2D eigenvalue weighted by molar-refractivity contribution is 0.0862. The molecule has 1 aliphatic carbocycles. The van der Waals surface area contributed by atoms with Crippen molar-refractivity contribution in [2.45, 2.75) is 26.5 Å². The molecule has 0 saturated carbocycles. The lowest BCUT2D eigenvalue weighted by atomic mass is 9.97. The first-order valence-corrected chi connectivity index (χ1v) is 5.60. The lowest BCUT2D eigenvalue weighted by Crippen LogP contribution is -2.09. The van der Waals surface area contributed by atoms with Crippen LogP contribution in [0.15, 0.2) is 23.0 Å². The van der Waals surface area contributed by atoms with E-state index in [1.165, 1.54) is 16.8 Å². The molecule has 0 bridgehead atoms. The SMILES string of the molecule is CCOCn1ccc2c1CCc1cnoc1-2. The monoisotopic (exact) mass is 218 g/mol. The summed E-state index contributed by atoms with van der Waals surface area (Å²) in [7, 11) is 0. The maximum absolute atomic E-state index is 5.43. The van der Waals surface area contributed by atoms with Crippen LogP contribution in [0.3, 0.4) is 0 Å². The number of aromatic nitrogens is 2. The van der Waals surface area contributed by atoms with Crippen molar-refractivity contribution >= 4 is 0 Å². The Balaban J connectivity index is 1.99. The summed E-state index contributed by atoms with van der Waals surface area (Å²) in [6, 6.07) is 2.08. The van der Waals surface area contributed by atoms with Gasteiger partial charge in [0.2, 0.25) is 0 Å². The van der Waals surface area contributed by atoms with Crippen LogP contribution in [0.1, 0.15) is 18.2 Å². The van der Waals surface area contributed by atoms with Crippen molar-refractivity contribution in [3.8, 4) is 11.3 Å². The number of hydrogen-bond acceptors (Lipinski definition) is 3. The Hall–Kier alpha value is -1.55. The summed E-state index contributed by atoms with van der Waals surface area (Å²) in [4.78, 5) is 0. The van der Waals surface area contributed by atoms with E-state index in [-0.39, 0.29) is 0 Å². The zero-order valence-corrected chi connectivity index (χ0v) is 9.27. The fraction of sp³-hybridized carbons (Fsp3) is 0.417. The molecule has 3 rings (SSSR count). The molecule has 2 aromatic rings. The van der Waals surface area contributed by atoms with E-state index in [2.05, 4.69) is 22.0 Å². The summed E-state index contributed by atoms with van der Waals surface area (Å²) in [5, 5.41) is 3.86. The summed E-state index contributed by atoms with van der Waals surface area (Å²) in [5.74, 6) is 0.927. The van der Waals surface area contributed by atoms with E-state index in [0.717, 1.165) is 25.2 Å². The zero-order valence-electron chi connectivity index (χ0n) is 9.27. The number of hydrogen-bond donors (Lipinski definition) is 0. The molecule has 0 fully saturated rings. The van der Waals surface area contributed by atoms with Crippen LogP contribution in [0, 0.1) is 0 Å². The number of nitrogens with zero attached hydrogens (tertiary/aromatic N) is 2. The quantitative estimate of drug-likeness (QED) is 0.793. The van der Waals surface area contributed by atoms with Gasteiger partial charge in [-0.3, -0.25) is 0 Å². The summed E-state index contributed by atoms with van der Waals surface area (Å²) >= 11 is 0. The highest BCUT2D eigenvalue weighted by atomic mass is 16.5. The second kappa shape index (κ2) is 3.79. The Kier molecular flexibility index (Phi) is 2.29. The topological polar surface area (TPSA) is 40.2 Å². The van der Waals surface area contributed by atoms with Gasteiger partial charge in [0.15, 0.2) is 5.76 Å². The molecule has 0 spiro atoms. The van der Waals surface area contributed by atoms with Gasteiger partial charge in [0.25, 0.3) is 0 Å². The van der Waals surface area contributed by atoms with Crippen LogP contribution in [0.2, 0.25) is 0 Å². The normalized spacial score (nSPS) is 13.6. The van der Waals surface area contributed by atoms with Gasteiger partial charge < -0.3 is 13.8 Å². The third kappa shape index (κ3) is 1.38. The van der Waals surface area contributed by atoms with E-state index in [4.69, 9.17) is 9.26 Å². The molecule has 0 aliphatic heterocycles. The van der Waals surface area contributed by atoms with Gasteiger partial charge >= 0.3 is 0 Å². The molecular weight excluding hydrogens is 204 g/mol. The van der Waals surface area contributed by atoms with Crippen molar-refractivity contribution in [2.24, 2.45) is 0 Å². The van der Waals surface area contributed by atoms with Crippen LogP contribution >= 0.6 is 0 Å². The Bertz CT molecular complexity index is 499. The molecule has 0 N–H and O–H groups in total. The van der Waals surface area contributed by atoms with Gasteiger partial charge in [-0.25, -0.2) is 0 Å². The molecule has 4 nitrogen and oxygen atoms in total. The predicted octanol–water partition coefficient (Wildman–Crippen LogP) is 2.24. The van der Waals surface area contributed by atoms with Crippen LogP contribution < -0.4 is 0 Å². The molecule has 2 aromatic heterocycles. The van der Waals surface area contributed by atoms with E-state index >= 15 is 0 Å². The molecule has 4 heteroatoms. The highest BCUT2D eigenvalue weighted by Gasteiger charge is 2.22. The first-order valence-electron chi connectivity index (χ1n) is 5.60. The van der Waals surface area contributed by atoms with Gasteiger partial charge in [0.05, 0.1) is 6.20 Å². The fourth-order valence-corrected chi connectivity index (χ4v) is 2.21. The van der Waals surface area contributed by atoms with Crippen LogP contribution in [-0.2, 0) is 24.3 Å². The first kappa shape index (κ1) is 9.66. The Labute approximate surface area is 93.8 Å². The molecule has 0 atom stereocenters. The first-order chi connectivity index (χ1) is 7.90. The van der Waals surface area contributed by atoms with Crippen LogP contribution in [0.4, 0.5) is 0 Å². The minimum Gasteiger partial charge on any atom is -0.361 e. The average Bonchev–Trinajstić information content (AvgIpc) is 2.91. The molecule has 0 aromatic carbocycles. The molecule has 2 heterocycles. The van der Waals surface area contributed by atoms with E-state index < -0.39 is 0 Å². The van der Waals surface area contributed by atoms with Gasteiger partial charge in [0, 0.05) is 29.6 Å². The molecule has 0 unspecified atom stereocenters. The van der Waals surface area contributed by atoms with Crippen LogP contribution in [-0.4, -0.2) is 16.3 Å². The smallest absolute Gasteiger partial charge is 0.171 e. The lowest BCUT2D eigenvalue weighted by Gasteiger charge is -2.14. The maximum Gasteiger partial charge on any atom is 0.171 e. The van der Waals surface area contributed by atoms with Crippen molar-refractivity contribution in [2.75, 3.05) is 6.61 Å². The van der Waals surface area contributed by atoms with Gasteiger partial charge in [-0.2, -0.15) is 0 Å². The van der Waals surface area contributed by atoms with Crippen molar-refractivity contribution in [3.05, 3.63) is 29.7 Å². The third-order valence-electron chi connectivity index (χ3n) is 3.03. The maximum atomic E-state index is 5.43. The number of fused-ring (bicyclic) bond motifs is 3. The van der Waals surface area contributed by atoms with E-state index in [1.807, 2.05) is 13.1 Å². The number of ether oxygens (including phenoxy) is 1. The van der Waals surface area contributed by atoms with Crippen molar-refractivity contribution in [3.63, 3.8) is 0 Å². The van der Waals surface area contributed by atoms with Gasteiger partial charge in [-0.05, 0) is 25.8 Å². The van der Waals surface area contributed by atoms with E-state index in [0.29, 0.717) is 6.73 Å². The Morgan fingerprint density at radius 1 is 1.50 bits per heavy atom. The van der Waals surface area contributed by atoms with Gasteiger partial charge in [-0.15, -0.1) is 0 Å². The van der Waals surface area contributed by atoms with E-state index in [9.17, 15) is 0 Å². The minimum absolute atomic E-state index is 0.620. The summed E-state index contributed by atoms with van der Waals surface area (Å²) in [6.45, 7) is 3.36. The standard InChI is InChI=1S/C12H14N2O2/c1-2-15-8-14-6-5-10-11(14)4-3-9-7-13-16-12(9)10/h5-7H,2-4,8H2,1H3. The molecular formula is C12H14N2O2. The molecule has 84 valence electrons. The van der Waals surface area contributed by atoms with Crippen molar-refractivity contribution in [1.29, 1.82) is 0 Å². The number of aryl methyl sites for hydroxylation is 1. The Morgan fingerprint density at radius 2 is 2.44 bits per heavy atom. The van der Waals surface area contributed by atoms with Crippen LogP contribution in [0.5, 0.6) is 0 Å². The van der Waals surface area contributed by atoms with Gasteiger partial charge in [0.1, 0.15) is 6.73 Å². The highest BCUT2D eigenvalue weighted by molar-refractivity contribution is 5.66. The summed E-state index contributed by atoms with van der Waals surface area (Å²) in [6.07, 6.45) is 5.90. The summed E-state index contributed by atoms with van der Waals surface area (Å²) in [5.41, 5.74) is 3.66. The van der Waals surface area contributed by atoms with Gasteiger partial charge in [-0.1, -0.05) is 5.16 Å². The molecule has 0 saturated heterocycles. The highest BCUT2D eigenvalue weighted by Crippen LogP contribution is 2.33. The minimum atomic E-state index is 0.620. The van der Waals surface area contributed by atoms with E-state index in [1.54, 1.807) is 0 Å². The molecule has 0 radical (unpaired) electrons. The molecule has 0 amide bonds. The average molecular weight is 218 g/mol. The third-order valence-corrected chi connectivity index (χ3v) is 3.03. The van der Waals surface area contributed by atoms with Crippen molar-refractivity contribution < 1.29 is 9.26 Å². The Morgan fingerprint density at radius 3 is 3.31 bits per heavy atom. The summed E-state index contributed by atoms with van der Waals surface area (Å²) < 4.78 is 12.9. The zero-order chi connectivity index (χ0) is 11.0. The number of rotatable bonds is 3. The van der Waals surface area contributed by atoms with Crippen molar-refractivity contribution in [1.82, 2.24) is 9.72 Å². The second-order valence-electron chi connectivity index (χ2n) is 3.95. The second-order valence-corrected chi connectivity index (χ2v) is 3.95.